The van der Waals surface area contributed by atoms with Gasteiger partial charge in [0.05, 0.1) is 7.11 Å². The lowest BCUT2D eigenvalue weighted by atomic mass is 10.0. The largest absolute Gasteiger partial charge is 0.469 e. The molecular formula is C13H28O2. The number of hydrogen-bond donors (Lipinski definition) is 0. The quantitative estimate of drug-likeness (QED) is 0.568. The van der Waals surface area contributed by atoms with E-state index in [1.54, 1.807) is 0 Å². The van der Waals surface area contributed by atoms with Crippen LogP contribution < -0.4 is 0 Å². The second kappa shape index (κ2) is 13.5. The first kappa shape index (κ1) is 16.9. The average Bonchev–Trinajstić information content (AvgIpc) is 2.20. The molecule has 0 aliphatic heterocycles. The standard InChI is InChI=1S/C6H12.C4H10.C3H6O2/c1-2-4-6-5-3-1;1-4(2)3;1-3(4)5-2/h1-6H2;4H,1-3H3;1-2H3. The van der Waals surface area contributed by atoms with E-state index in [2.05, 4.69) is 25.5 Å². The number of rotatable bonds is 0. The van der Waals surface area contributed by atoms with Gasteiger partial charge in [-0.25, -0.2) is 0 Å². The molecule has 0 aromatic heterocycles. The van der Waals surface area contributed by atoms with E-state index in [4.69, 9.17) is 0 Å². The summed E-state index contributed by atoms with van der Waals surface area (Å²) < 4.78 is 4.11. The molecular weight excluding hydrogens is 188 g/mol. The van der Waals surface area contributed by atoms with Crippen molar-refractivity contribution in [3.05, 3.63) is 0 Å². The maximum atomic E-state index is 9.59. The van der Waals surface area contributed by atoms with Gasteiger partial charge in [-0.05, 0) is 5.92 Å². The van der Waals surface area contributed by atoms with E-state index < -0.39 is 0 Å². The molecule has 15 heavy (non-hydrogen) atoms. The minimum absolute atomic E-state index is 0.245. The zero-order valence-corrected chi connectivity index (χ0v) is 11.1. The summed E-state index contributed by atoms with van der Waals surface area (Å²) >= 11 is 0. The Bertz CT molecular complexity index is 112. The molecule has 2 heteroatoms. The summed E-state index contributed by atoms with van der Waals surface area (Å²) in [6.07, 6.45) is 9.00. The van der Waals surface area contributed by atoms with Gasteiger partial charge in [-0.2, -0.15) is 0 Å². The van der Waals surface area contributed by atoms with E-state index in [9.17, 15) is 4.79 Å². The Labute approximate surface area is 95.4 Å². The van der Waals surface area contributed by atoms with Gasteiger partial charge in [-0.1, -0.05) is 59.3 Å². The molecule has 1 aliphatic rings. The number of esters is 1. The van der Waals surface area contributed by atoms with Crippen molar-refractivity contribution in [1.29, 1.82) is 0 Å². The Morgan fingerprint density at radius 2 is 1.07 bits per heavy atom. The van der Waals surface area contributed by atoms with Gasteiger partial charge in [-0.15, -0.1) is 0 Å². The lowest BCUT2D eigenvalue weighted by Crippen LogP contribution is -1.88. The van der Waals surface area contributed by atoms with E-state index in [-0.39, 0.29) is 5.97 Å². The number of ether oxygens (including phenoxy) is 1. The van der Waals surface area contributed by atoms with Crippen molar-refractivity contribution in [2.24, 2.45) is 5.92 Å². The van der Waals surface area contributed by atoms with Crippen LogP contribution >= 0.6 is 0 Å². The number of hydrogen-bond acceptors (Lipinski definition) is 2. The number of carbonyl (C=O) groups is 1. The van der Waals surface area contributed by atoms with Crippen LogP contribution in [-0.2, 0) is 9.53 Å². The van der Waals surface area contributed by atoms with Crippen molar-refractivity contribution in [3.63, 3.8) is 0 Å². The van der Waals surface area contributed by atoms with Gasteiger partial charge < -0.3 is 4.74 Å². The fourth-order valence-corrected chi connectivity index (χ4v) is 1.06. The molecule has 0 radical (unpaired) electrons. The summed E-state index contributed by atoms with van der Waals surface area (Å²) in [5.74, 6) is 0.588. The summed E-state index contributed by atoms with van der Waals surface area (Å²) in [5.41, 5.74) is 0. The van der Waals surface area contributed by atoms with Crippen molar-refractivity contribution in [2.75, 3.05) is 7.11 Å². The van der Waals surface area contributed by atoms with Crippen LogP contribution in [0.3, 0.4) is 0 Å². The third-order valence-corrected chi connectivity index (χ3v) is 1.79. The molecule has 2 nitrogen and oxygen atoms in total. The first-order chi connectivity index (χ1) is 7.00. The Balaban J connectivity index is 0. The lowest BCUT2D eigenvalue weighted by molar-refractivity contribution is -0.137. The first-order valence-corrected chi connectivity index (χ1v) is 6.05. The van der Waals surface area contributed by atoms with Crippen LogP contribution in [-0.4, -0.2) is 13.1 Å². The van der Waals surface area contributed by atoms with Crippen LogP contribution in [0.15, 0.2) is 0 Å². The van der Waals surface area contributed by atoms with E-state index in [1.165, 1.54) is 52.6 Å². The molecule has 0 aromatic carbocycles. The first-order valence-electron chi connectivity index (χ1n) is 6.05. The molecule has 1 saturated carbocycles. The topological polar surface area (TPSA) is 26.3 Å². The monoisotopic (exact) mass is 216 g/mol. The summed E-state index contributed by atoms with van der Waals surface area (Å²) in [6.45, 7) is 7.86. The molecule has 0 atom stereocenters. The van der Waals surface area contributed by atoms with Gasteiger partial charge >= 0.3 is 5.97 Å². The van der Waals surface area contributed by atoms with Gasteiger partial charge in [0, 0.05) is 6.92 Å². The van der Waals surface area contributed by atoms with E-state index >= 15 is 0 Å². The molecule has 0 bridgehead atoms. The van der Waals surface area contributed by atoms with Crippen LogP contribution in [0.1, 0.15) is 66.2 Å². The molecule has 1 rings (SSSR count). The molecule has 0 heterocycles. The second-order valence-electron chi connectivity index (χ2n) is 4.55. The van der Waals surface area contributed by atoms with Crippen LogP contribution in [0.25, 0.3) is 0 Å². The highest BCUT2D eigenvalue weighted by Crippen LogP contribution is 2.15. The molecule has 0 amide bonds. The fraction of sp³-hybridized carbons (Fsp3) is 0.923. The van der Waals surface area contributed by atoms with Crippen molar-refractivity contribution in [3.8, 4) is 0 Å². The van der Waals surface area contributed by atoms with Crippen LogP contribution in [0.4, 0.5) is 0 Å². The van der Waals surface area contributed by atoms with Gasteiger partial charge in [0.25, 0.3) is 0 Å². The summed E-state index contributed by atoms with van der Waals surface area (Å²) in [5, 5.41) is 0. The highest BCUT2D eigenvalue weighted by atomic mass is 16.5. The third-order valence-electron chi connectivity index (χ3n) is 1.79. The Morgan fingerprint density at radius 1 is 0.933 bits per heavy atom. The normalized spacial score (nSPS) is 14.3. The Kier molecular flexibility index (Phi) is 15.2. The van der Waals surface area contributed by atoms with Gasteiger partial charge in [-0.3, -0.25) is 4.79 Å². The van der Waals surface area contributed by atoms with Crippen LogP contribution in [0, 0.1) is 5.92 Å². The smallest absolute Gasteiger partial charge is 0.302 e. The van der Waals surface area contributed by atoms with Crippen molar-refractivity contribution < 1.29 is 9.53 Å². The van der Waals surface area contributed by atoms with Crippen LogP contribution in [0.2, 0.25) is 0 Å². The molecule has 92 valence electrons. The molecule has 1 aliphatic carbocycles. The molecule has 1 fully saturated rings. The fourth-order valence-electron chi connectivity index (χ4n) is 1.06. The summed E-state index contributed by atoms with van der Waals surface area (Å²) in [7, 11) is 1.35. The van der Waals surface area contributed by atoms with Crippen molar-refractivity contribution in [1.82, 2.24) is 0 Å². The Hall–Kier alpha value is -0.530. The minimum Gasteiger partial charge on any atom is -0.469 e. The Morgan fingerprint density at radius 3 is 1.13 bits per heavy atom. The number of methoxy groups -OCH3 is 1. The van der Waals surface area contributed by atoms with Gasteiger partial charge in [0.2, 0.25) is 0 Å². The van der Waals surface area contributed by atoms with Crippen molar-refractivity contribution in [2.45, 2.75) is 66.2 Å². The lowest BCUT2D eigenvalue weighted by Gasteiger charge is -2.05. The molecule has 0 aromatic rings. The molecule has 0 saturated heterocycles. The minimum atomic E-state index is -0.245. The maximum absolute atomic E-state index is 9.59. The third kappa shape index (κ3) is 31.8. The van der Waals surface area contributed by atoms with Gasteiger partial charge in [0.15, 0.2) is 0 Å². The summed E-state index contributed by atoms with van der Waals surface area (Å²) in [4.78, 5) is 9.59. The second-order valence-corrected chi connectivity index (χ2v) is 4.55. The average molecular weight is 216 g/mol. The van der Waals surface area contributed by atoms with Crippen molar-refractivity contribution >= 4 is 5.97 Å². The van der Waals surface area contributed by atoms with Gasteiger partial charge in [0.1, 0.15) is 0 Å². The maximum Gasteiger partial charge on any atom is 0.302 e. The zero-order chi connectivity index (χ0) is 12.1. The predicted molar refractivity (Wildman–Crippen MR) is 65.9 cm³/mol. The predicted octanol–water partition coefficient (Wildman–Crippen LogP) is 4.18. The molecule has 0 unspecified atom stereocenters. The molecule has 0 spiro atoms. The highest BCUT2D eigenvalue weighted by molar-refractivity contribution is 5.65. The molecule has 0 N–H and O–H groups in total. The van der Waals surface area contributed by atoms with Crippen LogP contribution in [0.5, 0.6) is 0 Å². The van der Waals surface area contributed by atoms with E-state index in [1.807, 2.05) is 0 Å². The zero-order valence-electron chi connectivity index (χ0n) is 11.1. The SMILES string of the molecule is C1CCCCC1.CC(C)C.COC(C)=O. The van der Waals surface area contributed by atoms with E-state index in [0.717, 1.165) is 5.92 Å². The number of carbonyl (C=O) groups excluding carboxylic acids is 1. The van der Waals surface area contributed by atoms with E-state index in [0.29, 0.717) is 0 Å². The summed E-state index contributed by atoms with van der Waals surface area (Å²) in [6, 6.07) is 0. The highest BCUT2D eigenvalue weighted by Gasteiger charge is 1.95.